The topological polar surface area (TPSA) is 15.3 Å². The van der Waals surface area contributed by atoms with Crippen molar-refractivity contribution < 1.29 is 0 Å². The van der Waals surface area contributed by atoms with Crippen LogP contribution in [0, 0.1) is 5.41 Å². The zero-order valence-corrected chi connectivity index (χ0v) is 13.0. The fraction of sp³-hybridized carbons (Fsp3) is 1.00. The minimum atomic E-state index is 0.589. The molecule has 1 aliphatic carbocycles. The fourth-order valence-corrected chi connectivity index (χ4v) is 4.56. The van der Waals surface area contributed by atoms with Gasteiger partial charge in [-0.15, -0.1) is 0 Å². The zero-order chi connectivity index (χ0) is 12.8. The van der Waals surface area contributed by atoms with Crippen LogP contribution in [0.3, 0.4) is 0 Å². The van der Waals surface area contributed by atoms with Gasteiger partial charge < -0.3 is 5.32 Å². The molecule has 1 aliphatic heterocycles. The van der Waals surface area contributed by atoms with Crippen molar-refractivity contribution in [3.05, 3.63) is 0 Å². The van der Waals surface area contributed by atoms with E-state index in [2.05, 4.69) is 35.8 Å². The molecule has 0 radical (unpaired) electrons. The maximum absolute atomic E-state index is 3.69. The van der Waals surface area contributed by atoms with Gasteiger partial charge in [-0.25, -0.2) is 0 Å². The third kappa shape index (κ3) is 3.88. The number of nitrogens with one attached hydrogen (secondary N) is 1. The fourth-order valence-electron chi connectivity index (χ4n) is 3.47. The lowest BCUT2D eigenvalue weighted by Crippen LogP contribution is -2.49. The van der Waals surface area contributed by atoms with Crippen LogP contribution in [-0.4, -0.2) is 48.6 Å². The maximum atomic E-state index is 3.69. The molecule has 0 spiro atoms. The van der Waals surface area contributed by atoms with E-state index in [0.717, 1.165) is 6.04 Å². The average Bonchev–Trinajstić information content (AvgIpc) is 2.82. The summed E-state index contributed by atoms with van der Waals surface area (Å²) >= 11 is 2.13. The van der Waals surface area contributed by atoms with E-state index in [1.165, 1.54) is 69.8 Å². The van der Waals surface area contributed by atoms with Crippen molar-refractivity contribution in [2.24, 2.45) is 5.41 Å². The molecule has 2 rings (SSSR count). The van der Waals surface area contributed by atoms with Crippen LogP contribution in [0.2, 0.25) is 0 Å². The second-order valence-electron chi connectivity index (χ2n) is 6.28. The predicted octanol–water partition coefficient (Wildman–Crippen LogP) is 2.98. The highest BCUT2D eigenvalue weighted by Gasteiger charge is 2.36. The van der Waals surface area contributed by atoms with E-state index in [9.17, 15) is 0 Å². The van der Waals surface area contributed by atoms with Gasteiger partial charge >= 0.3 is 0 Å². The van der Waals surface area contributed by atoms with Gasteiger partial charge in [-0.3, -0.25) is 4.90 Å². The van der Waals surface area contributed by atoms with Crippen molar-refractivity contribution in [1.29, 1.82) is 0 Å². The number of thioether (sulfide) groups is 1. The number of nitrogens with zero attached hydrogens (tertiary/aromatic N) is 1. The van der Waals surface area contributed by atoms with Gasteiger partial charge in [-0.05, 0) is 38.1 Å². The molecule has 0 amide bonds. The Hall–Kier alpha value is 0.270. The molecule has 1 heterocycles. The Morgan fingerprint density at radius 3 is 2.78 bits per heavy atom. The Labute approximate surface area is 117 Å². The summed E-state index contributed by atoms with van der Waals surface area (Å²) < 4.78 is 0. The van der Waals surface area contributed by atoms with E-state index < -0.39 is 0 Å². The minimum Gasteiger partial charge on any atom is -0.316 e. The molecule has 2 fully saturated rings. The van der Waals surface area contributed by atoms with Crippen LogP contribution in [0.5, 0.6) is 0 Å². The molecule has 18 heavy (non-hydrogen) atoms. The summed E-state index contributed by atoms with van der Waals surface area (Å²) in [7, 11) is 0. The molecule has 0 aromatic rings. The Morgan fingerprint density at radius 2 is 2.11 bits per heavy atom. The van der Waals surface area contributed by atoms with Crippen LogP contribution in [0.15, 0.2) is 0 Å². The third-order valence-corrected chi connectivity index (χ3v) is 5.82. The lowest BCUT2D eigenvalue weighted by Gasteiger charge is -2.40. The number of hydrogen-bond acceptors (Lipinski definition) is 3. The standard InChI is InChI=1S/C15H30N2S/c1-3-8-16-12-15(6-4-5-7-15)13-17-9-10-18-11-14(17)2/h14,16H,3-13H2,1-2H3. The summed E-state index contributed by atoms with van der Waals surface area (Å²) in [5, 5.41) is 3.69. The summed E-state index contributed by atoms with van der Waals surface area (Å²) in [5.74, 6) is 2.67. The third-order valence-electron chi connectivity index (χ3n) is 4.63. The molecule has 1 saturated heterocycles. The molecule has 106 valence electrons. The quantitative estimate of drug-likeness (QED) is 0.747. The smallest absolute Gasteiger partial charge is 0.0158 e. The van der Waals surface area contributed by atoms with Gasteiger partial charge in [0.2, 0.25) is 0 Å². The Balaban J connectivity index is 1.88. The van der Waals surface area contributed by atoms with E-state index in [0.29, 0.717) is 5.41 Å². The Morgan fingerprint density at radius 1 is 1.33 bits per heavy atom. The van der Waals surface area contributed by atoms with Gasteiger partial charge in [-0.2, -0.15) is 11.8 Å². The second kappa shape index (κ2) is 7.16. The van der Waals surface area contributed by atoms with Crippen molar-refractivity contribution >= 4 is 11.8 Å². The van der Waals surface area contributed by atoms with Crippen molar-refractivity contribution in [1.82, 2.24) is 10.2 Å². The monoisotopic (exact) mass is 270 g/mol. The molecule has 0 bridgehead atoms. The minimum absolute atomic E-state index is 0.589. The summed E-state index contributed by atoms with van der Waals surface area (Å²) in [6.07, 6.45) is 7.04. The van der Waals surface area contributed by atoms with Crippen molar-refractivity contribution in [2.75, 3.05) is 37.7 Å². The van der Waals surface area contributed by atoms with Gasteiger partial charge in [0.05, 0.1) is 0 Å². The van der Waals surface area contributed by atoms with Gasteiger partial charge in [0.1, 0.15) is 0 Å². The summed E-state index contributed by atoms with van der Waals surface area (Å²) in [6, 6.07) is 0.785. The molecular formula is C15H30N2S. The van der Waals surface area contributed by atoms with E-state index >= 15 is 0 Å². The summed E-state index contributed by atoms with van der Waals surface area (Å²) in [4.78, 5) is 2.76. The molecule has 0 aromatic carbocycles. The van der Waals surface area contributed by atoms with Crippen LogP contribution in [0.25, 0.3) is 0 Å². The van der Waals surface area contributed by atoms with Crippen LogP contribution in [-0.2, 0) is 0 Å². The first-order valence-electron chi connectivity index (χ1n) is 7.78. The lowest BCUT2D eigenvalue weighted by atomic mass is 9.85. The zero-order valence-electron chi connectivity index (χ0n) is 12.2. The molecule has 2 aliphatic rings. The second-order valence-corrected chi connectivity index (χ2v) is 7.43. The van der Waals surface area contributed by atoms with E-state index in [4.69, 9.17) is 0 Å². The normalized spacial score (nSPS) is 28.7. The summed E-state index contributed by atoms with van der Waals surface area (Å²) in [5.41, 5.74) is 0.589. The molecular weight excluding hydrogens is 240 g/mol. The molecule has 1 atom stereocenters. The number of rotatable bonds is 6. The van der Waals surface area contributed by atoms with Crippen LogP contribution in [0.4, 0.5) is 0 Å². The Kier molecular flexibility index (Phi) is 5.84. The van der Waals surface area contributed by atoms with Crippen LogP contribution in [0.1, 0.15) is 46.0 Å². The molecule has 1 unspecified atom stereocenters. The first kappa shape index (κ1) is 14.7. The predicted molar refractivity (Wildman–Crippen MR) is 82.4 cm³/mol. The largest absolute Gasteiger partial charge is 0.316 e. The van der Waals surface area contributed by atoms with E-state index in [1.54, 1.807) is 0 Å². The van der Waals surface area contributed by atoms with Crippen LogP contribution < -0.4 is 5.32 Å². The highest BCUT2D eigenvalue weighted by Crippen LogP contribution is 2.39. The Bertz CT molecular complexity index is 239. The average molecular weight is 270 g/mol. The number of hydrogen-bond donors (Lipinski definition) is 1. The summed E-state index contributed by atoms with van der Waals surface area (Å²) in [6.45, 7) is 9.75. The highest BCUT2D eigenvalue weighted by atomic mass is 32.2. The van der Waals surface area contributed by atoms with Gasteiger partial charge in [0.15, 0.2) is 0 Å². The van der Waals surface area contributed by atoms with E-state index in [1.807, 2.05) is 0 Å². The van der Waals surface area contributed by atoms with Crippen LogP contribution >= 0.6 is 11.8 Å². The lowest BCUT2D eigenvalue weighted by molar-refractivity contribution is 0.127. The SMILES string of the molecule is CCCNCC1(CN2CCSCC2C)CCCC1. The maximum Gasteiger partial charge on any atom is 0.0158 e. The van der Waals surface area contributed by atoms with Crippen molar-refractivity contribution in [3.8, 4) is 0 Å². The van der Waals surface area contributed by atoms with Gasteiger partial charge in [0.25, 0.3) is 0 Å². The first-order valence-corrected chi connectivity index (χ1v) is 8.94. The molecule has 0 aromatic heterocycles. The highest BCUT2D eigenvalue weighted by molar-refractivity contribution is 7.99. The van der Waals surface area contributed by atoms with Gasteiger partial charge in [-0.1, -0.05) is 19.8 Å². The first-order chi connectivity index (χ1) is 8.76. The molecule has 1 N–H and O–H groups in total. The van der Waals surface area contributed by atoms with E-state index in [-0.39, 0.29) is 0 Å². The van der Waals surface area contributed by atoms with Crippen molar-refractivity contribution in [2.45, 2.75) is 52.0 Å². The van der Waals surface area contributed by atoms with Crippen molar-refractivity contribution in [3.63, 3.8) is 0 Å². The molecule has 2 nitrogen and oxygen atoms in total. The molecule has 1 saturated carbocycles. The molecule has 3 heteroatoms. The van der Waals surface area contributed by atoms with Gasteiger partial charge in [0, 0.05) is 37.2 Å².